The van der Waals surface area contributed by atoms with Gasteiger partial charge in [-0.3, -0.25) is 9.59 Å². The zero-order valence-electron chi connectivity index (χ0n) is 18.7. The molecular formula is C26H19N4O5S-. The van der Waals surface area contributed by atoms with Crippen LogP contribution in [-0.4, -0.2) is 24.8 Å². The number of carbonyl (C=O) groups is 2. The number of nitrogens with zero attached hydrogens (tertiary/aromatic N) is 2. The molecule has 0 radical (unpaired) electrons. The van der Waals surface area contributed by atoms with Crippen LogP contribution < -0.4 is 10.6 Å². The van der Waals surface area contributed by atoms with E-state index in [4.69, 9.17) is 0 Å². The summed E-state index contributed by atoms with van der Waals surface area (Å²) in [7, 11) is -4.78. The van der Waals surface area contributed by atoms with Gasteiger partial charge in [0.25, 0.3) is 11.8 Å². The van der Waals surface area contributed by atoms with Crippen molar-refractivity contribution >= 4 is 44.7 Å². The van der Waals surface area contributed by atoms with E-state index in [1.165, 1.54) is 6.07 Å². The van der Waals surface area contributed by atoms with Crippen LogP contribution in [0, 0.1) is 0 Å². The topological polar surface area (TPSA) is 140 Å². The smallest absolute Gasteiger partial charge is 0.255 e. The summed E-state index contributed by atoms with van der Waals surface area (Å²) in [6, 6.07) is 27.0. The fourth-order valence-corrected chi connectivity index (χ4v) is 3.70. The predicted octanol–water partition coefficient (Wildman–Crippen LogP) is 5.51. The Morgan fingerprint density at radius 2 is 1.08 bits per heavy atom. The molecule has 0 fully saturated rings. The van der Waals surface area contributed by atoms with Crippen molar-refractivity contribution in [3.05, 3.63) is 114 Å². The van der Waals surface area contributed by atoms with Crippen molar-refractivity contribution in [2.75, 3.05) is 10.6 Å². The van der Waals surface area contributed by atoms with Crippen LogP contribution >= 0.6 is 0 Å². The number of azo groups is 1. The highest BCUT2D eigenvalue weighted by atomic mass is 32.2. The first-order chi connectivity index (χ1) is 17.3. The minimum atomic E-state index is -4.78. The maximum atomic E-state index is 12.7. The van der Waals surface area contributed by atoms with Crippen molar-refractivity contribution in [1.82, 2.24) is 0 Å². The third-order valence-electron chi connectivity index (χ3n) is 4.99. The third kappa shape index (κ3) is 6.06. The van der Waals surface area contributed by atoms with Gasteiger partial charge in [-0.15, -0.1) is 10.2 Å². The number of anilines is 2. The van der Waals surface area contributed by atoms with Crippen LogP contribution in [0.15, 0.2) is 118 Å². The van der Waals surface area contributed by atoms with Crippen molar-refractivity contribution in [1.29, 1.82) is 0 Å². The molecule has 4 rings (SSSR count). The highest BCUT2D eigenvalue weighted by molar-refractivity contribution is 7.85. The molecule has 0 aromatic heterocycles. The Bertz CT molecular complexity index is 1540. The molecule has 0 aliphatic heterocycles. The number of benzene rings is 4. The molecule has 10 heteroatoms. The van der Waals surface area contributed by atoms with E-state index < -0.39 is 20.9 Å². The van der Waals surface area contributed by atoms with E-state index >= 15 is 0 Å². The number of hydrogen-bond donors (Lipinski definition) is 2. The van der Waals surface area contributed by atoms with Crippen molar-refractivity contribution in [3.63, 3.8) is 0 Å². The molecule has 2 N–H and O–H groups in total. The quantitative estimate of drug-likeness (QED) is 0.255. The maximum Gasteiger partial charge on any atom is 0.255 e. The van der Waals surface area contributed by atoms with Gasteiger partial charge in [0.1, 0.15) is 21.5 Å². The number of carbonyl (C=O) groups excluding carboxylic acids is 2. The lowest BCUT2D eigenvalue weighted by atomic mass is 10.2. The van der Waals surface area contributed by atoms with Gasteiger partial charge < -0.3 is 15.2 Å². The Labute approximate surface area is 207 Å². The lowest BCUT2D eigenvalue weighted by molar-refractivity contribution is 0.101. The summed E-state index contributed by atoms with van der Waals surface area (Å²) in [5.41, 5.74) is 1.59. The Morgan fingerprint density at radius 1 is 0.611 bits per heavy atom. The lowest BCUT2D eigenvalue weighted by Gasteiger charge is -2.12. The first-order valence-electron chi connectivity index (χ1n) is 10.6. The minimum absolute atomic E-state index is 0.0182. The molecule has 0 saturated heterocycles. The SMILES string of the molecule is O=C(Nc1ccccc1N=Nc1ccc(S(=O)(=O)[O-])cc1NC(=O)c1ccccc1)c1ccccc1. The summed E-state index contributed by atoms with van der Waals surface area (Å²) in [6.07, 6.45) is 0. The zero-order chi connectivity index (χ0) is 25.5. The highest BCUT2D eigenvalue weighted by Crippen LogP contribution is 2.32. The number of hydrogen-bond acceptors (Lipinski definition) is 7. The summed E-state index contributed by atoms with van der Waals surface area (Å²) in [5.74, 6) is -0.859. The van der Waals surface area contributed by atoms with E-state index in [0.29, 0.717) is 22.5 Å². The van der Waals surface area contributed by atoms with Gasteiger partial charge in [0, 0.05) is 11.1 Å². The number of nitrogens with one attached hydrogen (secondary N) is 2. The molecule has 0 unspecified atom stereocenters. The molecule has 4 aromatic carbocycles. The van der Waals surface area contributed by atoms with Crippen LogP contribution in [0.5, 0.6) is 0 Å². The average molecular weight is 500 g/mol. The second-order valence-electron chi connectivity index (χ2n) is 7.49. The molecule has 4 aromatic rings. The third-order valence-corrected chi connectivity index (χ3v) is 5.83. The Balaban J connectivity index is 1.65. The van der Waals surface area contributed by atoms with Crippen LogP contribution in [0.1, 0.15) is 20.7 Å². The molecule has 36 heavy (non-hydrogen) atoms. The van der Waals surface area contributed by atoms with Crippen LogP contribution in [0.25, 0.3) is 0 Å². The van der Waals surface area contributed by atoms with E-state index in [9.17, 15) is 22.6 Å². The van der Waals surface area contributed by atoms with E-state index in [0.717, 1.165) is 12.1 Å². The molecule has 0 bridgehead atoms. The minimum Gasteiger partial charge on any atom is -0.744 e. The monoisotopic (exact) mass is 499 g/mol. The van der Waals surface area contributed by atoms with Gasteiger partial charge in [-0.05, 0) is 54.6 Å². The number of rotatable bonds is 7. The average Bonchev–Trinajstić information content (AvgIpc) is 2.89. The molecule has 9 nitrogen and oxygen atoms in total. The molecule has 2 amide bonds. The fraction of sp³-hybridized carbons (Fsp3) is 0. The van der Waals surface area contributed by atoms with Crippen LogP contribution in [-0.2, 0) is 10.1 Å². The van der Waals surface area contributed by atoms with E-state index in [2.05, 4.69) is 20.9 Å². The molecule has 0 aliphatic rings. The van der Waals surface area contributed by atoms with Crippen molar-refractivity contribution in [3.8, 4) is 0 Å². The Hall–Kier alpha value is -4.67. The Kier molecular flexibility index (Phi) is 7.28. The molecule has 0 spiro atoms. The highest BCUT2D eigenvalue weighted by Gasteiger charge is 2.13. The van der Waals surface area contributed by atoms with E-state index in [-0.39, 0.29) is 17.3 Å². The molecule has 0 atom stereocenters. The van der Waals surface area contributed by atoms with Crippen LogP contribution in [0.4, 0.5) is 22.7 Å². The molecule has 0 aliphatic carbocycles. The van der Waals surface area contributed by atoms with Crippen LogP contribution in [0.3, 0.4) is 0 Å². The number of para-hydroxylation sites is 1. The standard InChI is InChI=1S/C26H20N4O5S/c31-25(18-9-3-1-4-10-18)27-21-13-7-8-14-22(21)29-30-23-16-15-20(36(33,34)35)17-24(23)28-26(32)19-11-5-2-6-12-19/h1-17H,(H,27,31)(H,28,32)(H,33,34,35)/p-1. The summed E-state index contributed by atoms with van der Waals surface area (Å²) >= 11 is 0. The largest absolute Gasteiger partial charge is 0.744 e. The Morgan fingerprint density at radius 3 is 1.64 bits per heavy atom. The summed E-state index contributed by atoms with van der Waals surface area (Å²) in [4.78, 5) is 24.7. The van der Waals surface area contributed by atoms with Gasteiger partial charge >= 0.3 is 0 Å². The molecule has 180 valence electrons. The van der Waals surface area contributed by atoms with Crippen molar-refractivity contribution in [2.45, 2.75) is 4.90 Å². The second-order valence-corrected chi connectivity index (χ2v) is 8.87. The van der Waals surface area contributed by atoms with Crippen LogP contribution in [0.2, 0.25) is 0 Å². The lowest BCUT2D eigenvalue weighted by Crippen LogP contribution is -2.12. The van der Waals surface area contributed by atoms with Crippen molar-refractivity contribution in [2.24, 2.45) is 10.2 Å². The predicted molar refractivity (Wildman–Crippen MR) is 134 cm³/mol. The van der Waals surface area contributed by atoms with Gasteiger partial charge in [-0.25, -0.2) is 8.42 Å². The van der Waals surface area contributed by atoms with Gasteiger partial charge in [0.15, 0.2) is 0 Å². The molecular weight excluding hydrogens is 480 g/mol. The van der Waals surface area contributed by atoms with Gasteiger partial charge in [-0.2, -0.15) is 0 Å². The molecule has 0 heterocycles. The first-order valence-corrected chi connectivity index (χ1v) is 12.1. The summed E-state index contributed by atoms with van der Waals surface area (Å²) in [6.45, 7) is 0. The summed E-state index contributed by atoms with van der Waals surface area (Å²) in [5, 5.41) is 13.7. The van der Waals surface area contributed by atoms with Gasteiger partial charge in [0.2, 0.25) is 0 Å². The molecule has 0 saturated carbocycles. The fourth-order valence-electron chi connectivity index (χ4n) is 3.20. The van der Waals surface area contributed by atoms with E-state index in [1.807, 2.05) is 0 Å². The zero-order valence-corrected chi connectivity index (χ0v) is 19.5. The normalized spacial score (nSPS) is 11.2. The van der Waals surface area contributed by atoms with Gasteiger partial charge in [-0.1, -0.05) is 48.5 Å². The second kappa shape index (κ2) is 10.7. The van der Waals surface area contributed by atoms with Crippen molar-refractivity contribution < 1.29 is 22.6 Å². The van der Waals surface area contributed by atoms with Gasteiger partial charge in [0.05, 0.1) is 16.3 Å². The van der Waals surface area contributed by atoms with E-state index in [1.54, 1.807) is 84.9 Å². The summed E-state index contributed by atoms with van der Waals surface area (Å²) < 4.78 is 34.6. The maximum absolute atomic E-state index is 12.7. The number of amides is 2. The first kappa shape index (κ1) is 24.5.